The van der Waals surface area contributed by atoms with Crippen LogP contribution in [0.1, 0.15) is 50.5 Å². The number of amides is 2. The molecule has 158 valence electrons. The van der Waals surface area contributed by atoms with Crippen LogP contribution in [0.15, 0.2) is 18.2 Å². The monoisotopic (exact) mass is 400 g/mol. The molecule has 3 aliphatic rings. The van der Waals surface area contributed by atoms with Gasteiger partial charge in [0.25, 0.3) is 0 Å². The van der Waals surface area contributed by atoms with E-state index >= 15 is 0 Å². The van der Waals surface area contributed by atoms with Gasteiger partial charge in [-0.3, -0.25) is 9.59 Å². The Morgan fingerprint density at radius 1 is 1.10 bits per heavy atom. The molecule has 6 nitrogen and oxygen atoms in total. The maximum absolute atomic E-state index is 13.5. The van der Waals surface area contributed by atoms with Gasteiger partial charge in [0.15, 0.2) is 11.5 Å². The SMILES string of the molecule is COc1cccc(CN2CCC[C@]3(CCN(C(=O)C4CCCC4)C3)C2=O)c1OC. The third-order valence-electron chi connectivity index (χ3n) is 7.04. The number of piperidine rings is 1. The van der Waals surface area contributed by atoms with Crippen LogP contribution in [0.25, 0.3) is 0 Å². The number of ether oxygens (including phenoxy) is 2. The van der Waals surface area contributed by atoms with Crippen molar-refractivity contribution in [3.8, 4) is 11.5 Å². The van der Waals surface area contributed by atoms with Crippen molar-refractivity contribution in [2.75, 3.05) is 33.9 Å². The summed E-state index contributed by atoms with van der Waals surface area (Å²) in [6.07, 6.45) is 6.98. The van der Waals surface area contributed by atoms with Crippen molar-refractivity contribution in [1.82, 2.24) is 9.80 Å². The molecule has 29 heavy (non-hydrogen) atoms. The number of benzene rings is 1. The summed E-state index contributed by atoms with van der Waals surface area (Å²) in [5.41, 5.74) is 0.549. The zero-order valence-electron chi connectivity index (χ0n) is 17.6. The predicted octanol–water partition coefficient (Wildman–Crippen LogP) is 3.24. The highest BCUT2D eigenvalue weighted by atomic mass is 16.5. The topological polar surface area (TPSA) is 59.1 Å². The molecule has 6 heteroatoms. The summed E-state index contributed by atoms with van der Waals surface area (Å²) in [5.74, 6) is 2.01. The molecule has 0 N–H and O–H groups in total. The summed E-state index contributed by atoms with van der Waals surface area (Å²) in [7, 11) is 3.25. The molecule has 2 aliphatic heterocycles. The van der Waals surface area contributed by atoms with Crippen molar-refractivity contribution >= 4 is 11.8 Å². The highest BCUT2D eigenvalue weighted by molar-refractivity contribution is 5.86. The molecule has 0 aromatic heterocycles. The fourth-order valence-corrected chi connectivity index (χ4v) is 5.46. The third kappa shape index (κ3) is 3.69. The van der Waals surface area contributed by atoms with Gasteiger partial charge in [-0.2, -0.15) is 0 Å². The molecule has 1 aromatic carbocycles. The number of likely N-dealkylation sites (tertiary alicyclic amines) is 2. The van der Waals surface area contributed by atoms with Crippen LogP contribution in [-0.2, 0) is 16.1 Å². The summed E-state index contributed by atoms with van der Waals surface area (Å²) >= 11 is 0. The molecule has 1 atom stereocenters. The normalized spacial score (nSPS) is 25.1. The van der Waals surface area contributed by atoms with Gasteiger partial charge in [0, 0.05) is 37.7 Å². The first-order valence-corrected chi connectivity index (χ1v) is 10.9. The van der Waals surface area contributed by atoms with Crippen molar-refractivity contribution in [2.45, 2.75) is 51.5 Å². The number of rotatable bonds is 5. The Kier molecular flexibility index (Phi) is 5.70. The molecule has 0 bridgehead atoms. The molecular formula is C23H32N2O4. The minimum atomic E-state index is -0.404. The van der Waals surface area contributed by atoms with Crippen molar-refractivity contribution < 1.29 is 19.1 Å². The fourth-order valence-electron chi connectivity index (χ4n) is 5.46. The fraction of sp³-hybridized carbons (Fsp3) is 0.652. The van der Waals surface area contributed by atoms with E-state index in [4.69, 9.17) is 9.47 Å². The second-order valence-corrected chi connectivity index (χ2v) is 8.75. The number of hydrogen-bond donors (Lipinski definition) is 0. The second kappa shape index (κ2) is 8.25. The van der Waals surface area contributed by atoms with Crippen LogP contribution >= 0.6 is 0 Å². The molecule has 1 saturated carbocycles. The quantitative estimate of drug-likeness (QED) is 0.761. The van der Waals surface area contributed by atoms with Crippen molar-refractivity contribution in [2.24, 2.45) is 11.3 Å². The van der Waals surface area contributed by atoms with E-state index in [1.807, 2.05) is 28.0 Å². The van der Waals surface area contributed by atoms with Gasteiger partial charge in [-0.15, -0.1) is 0 Å². The lowest BCUT2D eigenvalue weighted by Gasteiger charge is -2.39. The first-order chi connectivity index (χ1) is 14.1. The lowest BCUT2D eigenvalue weighted by molar-refractivity contribution is -0.147. The van der Waals surface area contributed by atoms with E-state index in [1.54, 1.807) is 14.2 Å². The summed E-state index contributed by atoms with van der Waals surface area (Å²) in [5, 5.41) is 0. The van der Waals surface area contributed by atoms with Crippen LogP contribution in [0.4, 0.5) is 0 Å². The van der Waals surface area contributed by atoms with Crippen molar-refractivity contribution in [1.29, 1.82) is 0 Å². The Labute approximate surface area is 173 Å². The van der Waals surface area contributed by atoms with Crippen LogP contribution in [0, 0.1) is 11.3 Å². The summed E-state index contributed by atoms with van der Waals surface area (Å²) in [6, 6.07) is 5.78. The Hall–Kier alpha value is -2.24. The summed E-state index contributed by atoms with van der Waals surface area (Å²) in [4.78, 5) is 30.3. The van der Waals surface area contributed by atoms with Crippen molar-refractivity contribution in [3.05, 3.63) is 23.8 Å². The Bertz CT molecular complexity index is 774. The predicted molar refractivity (Wildman–Crippen MR) is 110 cm³/mol. The molecule has 1 spiro atoms. The first kappa shape index (κ1) is 20.0. The van der Waals surface area contributed by atoms with E-state index in [2.05, 4.69) is 0 Å². The maximum Gasteiger partial charge on any atom is 0.230 e. The van der Waals surface area contributed by atoms with E-state index < -0.39 is 5.41 Å². The van der Waals surface area contributed by atoms with Gasteiger partial charge in [0.2, 0.25) is 11.8 Å². The molecule has 1 aliphatic carbocycles. The van der Waals surface area contributed by atoms with Gasteiger partial charge in [-0.05, 0) is 38.2 Å². The minimum Gasteiger partial charge on any atom is -0.493 e. The first-order valence-electron chi connectivity index (χ1n) is 10.9. The maximum atomic E-state index is 13.5. The molecule has 0 unspecified atom stereocenters. The van der Waals surface area contributed by atoms with Crippen LogP contribution < -0.4 is 9.47 Å². The smallest absolute Gasteiger partial charge is 0.230 e. The zero-order valence-corrected chi connectivity index (χ0v) is 17.6. The Morgan fingerprint density at radius 2 is 1.90 bits per heavy atom. The molecule has 2 heterocycles. The Balaban J connectivity index is 1.48. The number of hydrogen-bond acceptors (Lipinski definition) is 4. The van der Waals surface area contributed by atoms with Crippen LogP contribution in [-0.4, -0.2) is 55.5 Å². The molecule has 3 fully saturated rings. The number of carbonyl (C=O) groups is 2. The number of carbonyl (C=O) groups excluding carboxylic acids is 2. The van der Waals surface area contributed by atoms with Gasteiger partial charge in [-0.25, -0.2) is 0 Å². The molecule has 4 rings (SSSR count). The largest absolute Gasteiger partial charge is 0.493 e. The van der Waals surface area contributed by atoms with E-state index in [0.29, 0.717) is 24.6 Å². The molecule has 1 aromatic rings. The average Bonchev–Trinajstić information content (AvgIpc) is 3.42. The van der Waals surface area contributed by atoms with Gasteiger partial charge in [0.1, 0.15) is 0 Å². The van der Waals surface area contributed by atoms with Crippen molar-refractivity contribution in [3.63, 3.8) is 0 Å². The number of nitrogens with zero attached hydrogens (tertiary/aromatic N) is 2. The lowest BCUT2D eigenvalue weighted by atomic mass is 9.78. The molecule has 2 amide bonds. The Morgan fingerprint density at radius 3 is 2.62 bits per heavy atom. The van der Waals surface area contributed by atoms with E-state index in [9.17, 15) is 9.59 Å². The van der Waals surface area contributed by atoms with Gasteiger partial charge in [0.05, 0.1) is 19.6 Å². The molecule has 2 saturated heterocycles. The van der Waals surface area contributed by atoms with Crippen LogP contribution in [0.3, 0.4) is 0 Å². The molecule has 0 radical (unpaired) electrons. The average molecular weight is 401 g/mol. The van der Waals surface area contributed by atoms with Gasteiger partial charge < -0.3 is 19.3 Å². The summed E-state index contributed by atoms with van der Waals surface area (Å²) in [6.45, 7) is 2.57. The second-order valence-electron chi connectivity index (χ2n) is 8.75. The van der Waals surface area contributed by atoms with E-state index in [1.165, 1.54) is 0 Å². The standard InChI is InChI=1S/C23H32N2O4/c1-28-19-10-5-9-18(20(19)29-2)15-24-13-6-11-23(22(24)27)12-14-25(16-23)21(26)17-7-3-4-8-17/h5,9-10,17H,3-4,6-8,11-16H2,1-2H3/t23-/m1/s1. The highest BCUT2D eigenvalue weighted by Gasteiger charge is 2.50. The number of para-hydroxylation sites is 1. The van der Waals surface area contributed by atoms with Crippen LogP contribution in [0.2, 0.25) is 0 Å². The van der Waals surface area contributed by atoms with E-state index in [-0.39, 0.29) is 17.7 Å². The van der Waals surface area contributed by atoms with Gasteiger partial charge >= 0.3 is 0 Å². The molecular weight excluding hydrogens is 368 g/mol. The zero-order chi connectivity index (χ0) is 20.4. The van der Waals surface area contributed by atoms with E-state index in [0.717, 1.165) is 63.6 Å². The highest BCUT2D eigenvalue weighted by Crippen LogP contribution is 2.42. The summed E-state index contributed by atoms with van der Waals surface area (Å²) < 4.78 is 11.0. The minimum absolute atomic E-state index is 0.181. The number of methoxy groups -OCH3 is 2. The lowest BCUT2D eigenvalue weighted by Crippen LogP contribution is -2.50. The third-order valence-corrected chi connectivity index (χ3v) is 7.04. The van der Waals surface area contributed by atoms with Gasteiger partial charge in [-0.1, -0.05) is 25.0 Å². The van der Waals surface area contributed by atoms with Crippen LogP contribution in [0.5, 0.6) is 11.5 Å².